The number of thioether (sulfide) groups is 1. The van der Waals surface area contributed by atoms with Crippen molar-refractivity contribution in [3.8, 4) is 0 Å². The topological polar surface area (TPSA) is 59.3 Å². The zero-order chi connectivity index (χ0) is 13.1. The Bertz CT molecular complexity index is 648. The number of hydrogen-bond donors (Lipinski definition) is 1. The van der Waals surface area contributed by atoms with Crippen LogP contribution in [0.1, 0.15) is 10.4 Å². The first kappa shape index (κ1) is 12.7. The minimum absolute atomic E-state index is 0.171. The lowest BCUT2D eigenvalue weighted by Gasteiger charge is -2.11. The van der Waals surface area contributed by atoms with Crippen LogP contribution in [0.4, 0.5) is 0 Å². The van der Waals surface area contributed by atoms with E-state index >= 15 is 0 Å². The van der Waals surface area contributed by atoms with E-state index in [-0.39, 0.29) is 5.56 Å². The quantitative estimate of drug-likeness (QED) is 0.917. The van der Waals surface area contributed by atoms with Crippen molar-refractivity contribution in [1.82, 2.24) is 4.57 Å². The molecule has 94 valence electrons. The number of fused-ring (bicyclic) bond motifs is 1. The summed E-state index contributed by atoms with van der Waals surface area (Å²) in [5, 5.41) is 9.51. The van der Waals surface area contributed by atoms with Gasteiger partial charge in [-0.15, -0.1) is 0 Å². The van der Waals surface area contributed by atoms with Gasteiger partial charge in [0, 0.05) is 23.9 Å². The van der Waals surface area contributed by atoms with Crippen molar-refractivity contribution in [1.29, 1.82) is 0 Å². The van der Waals surface area contributed by atoms with Crippen LogP contribution in [0.3, 0.4) is 0 Å². The molecular weight excluding hydrogens is 250 g/mol. The summed E-state index contributed by atoms with van der Waals surface area (Å²) in [5.41, 5.74) is 0.190. The standard InChI is InChI=1S/C13H13NO3S/c1-18-7-6-14-8-10(13(16)17)12(15)9-4-2-3-5-11(9)14/h2-5,8H,6-7H2,1H3,(H,16,17). The number of rotatable bonds is 4. The monoisotopic (exact) mass is 263 g/mol. The van der Waals surface area contributed by atoms with Crippen LogP contribution in [0.25, 0.3) is 10.9 Å². The van der Waals surface area contributed by atoms with E-state index in [1.54, 1.807) is 23.9 Å². The molecule has 0 fully saturated rings. The summed E-state index contributed by atoms with van der Waals surface area (Å²) in [6.07, 6.45) is 3.42. The summed E-state index contributed by atoms with van der Waals surface area (Å²) in [5.74, 6) is -0.310. The maximum Gasteiger partial charge on any atom is 0.341 e. The zero-order valence-electron chi connectivity index (χ0n) is 9.92. The van der Waals surface area contributed by atoms with E-state index in [0.29, 0.717) is 11.9 Å². The van der Waals surface area contributed by atoms with Crippen LogP contribution in [0, 0.1) is 0 Å². The molecule has 1 aromatic carbocycles. The molecule has 0 saturated heterocycles. The van der Waals surface area contributed by atoms with Crippen LogP contribution in [0.2, 0.25) is 0 Å². The first-order chi connectivity index (χ1) is 8.65. The van der Waals surface area contributed by atoms with Crippen LogP contribution in [-0.2, 0) is 6.54 Å². The summed E-state index contributed by atoms with van der Waals surface area (Å²) >= 11 is 1.68. The Hall–Kier alpha value is -1.75. The lowest BCUT2D eigenvalue weighted by atomic mass is 10.1. The van der Waals surface area contributed by atoms with E-state index in [2.05, 4.69) is 0 Å². The number of nitrogens with zero attached hydrogens (tertiary/aromatic N) is 1. The fraction of sp³-hybridized carbons (Fsp3) is 0.231. The third kappa shape index (κ3) is 2.26. The average Bonchev–Trinajstić information content (AvgIpc) is 2.38. The van der Waals surface area contributed by atoms with Crippen molar-refractivity contribution < 1.29 is 9.90 Å². The van der Waals surface area contributed by atoms with Crippen LogP contribution in [0.15, 0.2) is 35.3 Å². The maximum atomic E-state index is 12.0. The molecule has 0 aliphatic rings. The lowest BCUT2D eigenvalue weighted by Crippen LogP contribution is -2.19. The van der Waals surface area contributed by atoms with E-state index in [1.807, 2.05) is 23.0 Å². The Morgan fingerprint density at radius 3 is 2.78 bits per heavy atom. The van der Waals surface area contributed by atoms with Crippen molar-refractivity contribution in [3.05, 3.63) is 46.2 Å². The molecule has 5 heteroatoms. The molecule has 0 aliphatic heterocycles. The van der Waals surface area contributed by atoms with E-state index in [1.165, 1.54) is 6.20 Å². The Morgan fingerprint density at radius 2 is 2.11 bits per heavy atom. The Morgan fingerprint density at radius 1 is 1.39 bits per heavy atom. The highest BCUT2D eigenvalue weighted by Gasteiger charge is 2.13. The molecule has 0 unspecified atom stereocenters. The van der Waals surface area contributed by atoms with Crippen LogP contribution < -0.4 is 5.43 Å². The van der Waals surface area contributed by atoms with E-state index in [9.17, 15) is 9.59 Å². The Balaban J connectivity index is 2.72. The molecule has 0 aliphatic carbocycles. The van der Waals surface area contributed by atoms with Crippen molar-refractivity contribution in [2.45, 2.75) is 6.54 Å². The summed E-state index contributed by atoms with van der Waals surface area (Å²) in [4.78, 5) is 23.1. The third-order valence-corrected chi connectivity index (χ3v) is 3.35. The highest BCUT2D eigenvalue weighted by Crippen LogP contribution is 2.12. The molecule has 0 saturated carbocycles. The molecule has 18 heavy (non-hydrogen) atoms. The van der Waals surface area contributed by atoms with Gasteiger partial charge >= 0.3 is 5.97 Å². The minimum Gasteiger partial charge on any atom is -0.477 e. The molecule has 1 aromatic heterocycles. The van der Waals surface area contributed by atoms with Crippen LogP contribution in [-0.4, -0.2) is 27.7 Å². The molecule has 4 nitrogen and oxygen atoms in total. The number of aromatic nitrogens is 1. The molecule has 0 atom stereocenters. The molecular formula is C13H13NO3S. The predicted molar refractivity (Wildman–Crippen MR) is 73.5 cm³/mol. The number of benzene rings is 1. The molecule has 1 heterocycles. The van der Waals surface area contributed by atoms with Gasteiger partial charge in [0.15, 0.2) is 0 Å². The highest BCUT2D eigenvalue weighted by atomic mass is 32.2. The van der Waals surface area contributed by atoms with Crippen LogP contribution >= 0.6 is 11.8 Å². The van der Waals surface area contributed by atoms with Crippen molar-refractivity contribution in [2.75, 3.05) is 12.0 Å². The summed E-state index contributed by atoms with van der Waals surface area (Å²) in [7, 11) is 0. The number of carboxylic acid groups (broad SMARTS) is 1. The van der Waals surface area contributed by atoms with Gasteiger partial charge in [-0.25, -0.2) is 4.79 Å². The zero-order valence-corrected chi connectivity index (χ0v) is 10.7. The molecule has 2 aromatic rings. The normalized spacial score (nSPS) is 10.7. The molecule has 0 spiro atoms. The van der Waals surface area contributed by atoms with Gasteiger partial charge in [0.2, 0.25) is 5.43 Å². The molecule has 2 rings (SSSR count). The predicted octanol–water partition coefficient (Wildman–Crippen LogP) is 2.06. The number of para-hydroxylation sites is 1. The molecule has 0 amide bonds. The van der Waals surface area contributed by atoms with Crippen LogP contribution in [0.5, 0.6) is 0 Å². The maximum absolute atomic E-state index is 12.0. The van der Waals surface area contributed by atoms with E-state index < -0.39 is 11.4 Å². The number of aromatic carboxylic acids is 1. The van der Waals surface area contributed by atoms with Crippen molar-refractivity contribution in [2.24, 2.45) is 0 Å². The number of carboxylic acids is 1. The third-order valence-electron chi connectivity index (χ3n) is 2.75. The van der Waals surface area contributed by atoms with Gasteiger partial charge in [0.1, 0.15) is 5.56 Å². The fourth-order valence-corrected chi connectivity index (χ4v) is 2.25. The number of pyridine rings is 1. The van der Waals surface area contributed by atoms with Gasteiger partial charge in [-0.3, -0.25) is 4.79 Å². The first-order valence-electron chi connectivity index (χ1n) is 5.49. The fourth-order valence-electron chi connectivity index (χ4n) is 1.87. The Kier molecular flexibility index (Phi) is 3.72. The van der Waals surface area contributed by atoms with E-state index in [4.69, 9.17) is 5.11 Å². The molecule has 0 bridgehead atoms. The second-order valence-electron chi connectivity index (χ2n) is 3.88. The van der Waals surface area contributed by atoms with E-state index in [0.717, 1.165) is 11.3 Å². The lowest BCUT2D eigenvalue weighted by molar-refractivity contribution is 0.0695. The summed E-state index contributed by atoms with van der Waals surface area (Å²) in [6.45, 7) is 0.683. The van der Waals surface area contributed by atoms with Gasteiger partial charge in [-0.1, -0.05) is 12.1 Å². The summed E-state index contributed by atoms with van der Waals surface area (Å²) < 4.78 is 1.83. The minimum atomic E-state index is -1.18. The van der Waals surface area contributed by atoms with Gasteiger partial charge in [0.25, 0.3) is 0 Å². The largest absolute Gasteiger partial charge is 0.477 e. The SMILES string of the molecule is CSCCn1cc(C(=O)O)c(=O)c2ccccc21. The van der Waals surface area contributed by atoms with Gasteiger partial charge in [-0.2, -0.15) is 11.8 Å². The average molecular weight is 263 g/mol. The van der Waals surface area contributed by atoms with Crippen molar-refractivity contribution in [3.63, 3.8) is 0 Å². The van der Waals surface area contributed by atoms with Crippen molar-refractivity contribution >= 4 is 28.6 Å². The first-order valence-corrected chi connectivity index (χ1v) is 6.89. The second-order valence-corrected chi connectivity index (χ2v) is 4.87. The smallest absolute Gasteiger partial charge is 0.341 e. The second kappa shape index (κ2) is 5.27. The number of aryl methyl sites for hydroxylation is 1. The number of carbonyl (C=O) groups is 1. The molecule has 1 N–H and O–H groups in total. The highest BCUT2D eigenvalue weighted by molar-refractivity contribution is 7.98. The van der Waals surface area contributed by atoms with Gasteiger partial charge < -0.3 is 9.67 Å². The summed E-state index contributed by atoms with van der Waals surface area (Å²) in [6, 6.07) is 7.09. The Labute approximate surface area is 108 Å². The van der Waals surface area contributed by atoms with Gasteiger partial charge in [0.05, 0.1) is 5.52 Å². The number of hydrogen-bond acceptors (Lipinski definition) is 3. The van der Waals surface area contributed by atoms with Gasteiger partial charge in [-0.05, 0) is 18.4 Å². The molecule has 0 radical (unpaired) electrons.